The molecule has 4 aromatic rings. The molecule has 34 heavy (non-hydrogen) atoms. The third-order valence-electron chi connectivity index (χ3n) is 4.95. The summed E-state index contributed by atoms with van der Waals surface area (Å²) >= 11 is 4.88. The highest BCUT2D eigenvalue weighted by molar-refractivity contribution is 9.10. The first kappa shape index (κ1) is 23.9. The molecule has 174 valence electrons. The fourth-order valence-electron chi connectivity index (χ4n) is 3.39. The summed E-state index contributed by atoms with van der Waals surface area (Å²) in [4.78, 5) is 22.3. The Hall–Kier alpha value is -3.24. The van der Waals surface area contributed by atoms with E-state index < -0.39 is 0 Å². The van der Waals surface area contributed by atoms with Gasteiger partial charge in [0.05, 0.1) is 24.2 Å². The number of nitrogens with one attached hydrogen (secondary N) is 1. The Kier molecular flexibility index (Phi) is 7.28. The molecule has 0 saturated heterocycles. The number of nitrogens with zero attached hydrogens (tertiary/aromatic N) is 5. The van der Waals surface area contributed by atoms with E-state index in [0.29, 0.717) is 28.0 Å². The topological polar surface area (TPSA) is 94.8 Å². The normalized spacial score (nSPS) is 10.9. The molecule has 2 heterocycles. The van der Waals surface area contributed by atoms with E-state index in [1.54, 1.807) is 11.8 Å². The smallest absolute Gasteiger partial charge is 0.278 e. The van der Waals surface area contributed by atoms with Gasteiger partial charge in [-0.3, -0.25) is 4.79 Å². The molecule has 10 heteroatoms. The second-order valence-corrected chi connectivity index (χ2v) is 9.51. The molecule has 0 saturated carbocycles. The van der Waals surface area contributed by atoms with Crippen molar-refractivity contribution in [2.75, 3.05) is 12.4 Å². The molecule has 0 spiro atoms. The van der Waals surface area contributed by atoms with E-state index in [1.807, 2.05) is 69.3 Å². The van der Waals surface area contributed by atoms with Gasteiger partial charge in [-0.15, -0.1) is 5.10 Å². The van der Waals surface area contributed by atoms with Crippen molar-refractivity contribution in [1.29, 1.82) is 0 Å². The maximum absolute atomic E-state index is 13.3. The number of ether oxygens (including phenoxy) is 1. The van der Waals surface area contributed by atoms with Gasteiger partial charge in [-0.05, 0) is 68.8 Å². The number of rotatable bonds is 7. The fraction of sp³-hybridized carbons (Fsp3) is 0.208. The molecule has 2 aromatic carbocycles. The van der Waals surface area contributed by atoms with Gasteiger partial charge >= 0.3 is 0 Å². The first-order valence-corrected chi connectivity index (χ1v) is 12.2. The van der Waals surface area contributed by atoms with Crippen LogP contribution in [0.1, 0.15) is 33.1 Å². The van der Waals surface area contributed by atoms with Crippen molar-refractivity contribution in [1.82, 2.24) is 25.0 Å². The molecule has 1 N–H and O–H groups in total. The molecule has 0 aliphatic carbocycles. The number of carbonyl (C=O) groups is 1. The average molecular weight is 539 g/mol. The zero-order valence-electron chi connectivity index (χ0n) is 19.2. The van der Waals surface area contributed by atoms with E-state index in [2.05, 4.69) is 41.5 Å². The minimum Gasteiger partial charge on any atom is -0.495 e. The molecular formula is C24H23BrN6O2S. The highest BCUT2D eigenvalue weighted by Crippen LogP contribution is 2.28. The molecule has 4 rings (SSSR count). The number of hydrogen-bond donors (Lipinski definition) is 1. The van der Waals surface area contributed by atoms with Gasteiger partial charge in [0.1, 0.15) is 5.75 Å². The zero-order chi connectivity index (χ0) is 24.2. The van der Waals surface area contributed by atoms with E-state index in [4.69, 9.17) is 4.74 Å². The predicted octanol–water partition coefficient (Wildman–Crippen LogP) is 5.30. The number of aryl methyl sites for hydroxylation is 3. The van der Waals surface area contributed by atoms with Crippen LogP contribution in [0.25, 0.3) is 5.69 Å². The van der Waals surface area contributed by atoms with Crippen molar-refractivity contribution in [3.8, 4) is 11.4 Å². The Balaban J connectivity index is 1.69. The van der Waals surface area contributed by atoms with E-state index in [1.165, 1.54) is 11.8 Å². The third-order valence-corrected chi connectivity index (χ3v) is 6.34. The molecule has 8 nitrogen and oxygen atoms in total. The summed E-state index contributed by atoms with van der Waals surface area (Å²) in [6.45, 7) is 5.81. The van der Waals surface area contributed by atoms with Gasteiger partial charge in [0, 0.05) is 21.6 Å². The molecule has 0 atom stereocenters. The van der Waals surface area contributed by atoms with Crippen LogP contribution in [0.3, 0.4) is 0 Å². The number of hydrogen-bond acceptors (Lipinski definition) is 7. The number of benzene rings is 2. The quantitative estimate of drug-likeness (QED) is 0.252. The summed E-state index contributed by atoms with van der Waals surface area (Å²) in [5.74, 6) is 0.600. The summed E-state index contributed by atoms with van der Waals surface area (Å²) in [7, 11) is 1.57. The molecule has 0 fully saturated rings. The maximum atomic E-state index is 13.3. The van der Waals surface area contributed by atoms with Crippen molar-refractivity contribution in [2.45, 2.75) is 31.7 Å². The molecule has 0 aliphatic rings. The summed E-state index contributed by atoms with van der Waals surface area (Å²) in [6.07, 6.45) is 0. The molecule has 0 radical (unpaired) electrons. The minimum absolute atomic E-state index is 0.225. The van der Waals surface area contributed by atoms with Crippen molar-refractivity contribution < 1.29 is 9.53 Å². The number of halogens is 1. The van der Waals surface area contributed by atoms with Gasteiger partial charge < -0.3 is 10.1 Å². The lowest BCUT2D eigenvalue weighted by Crippen LogP contribution is -2.16. The Morgan fingerprint density at radius 1 is 1.06 bits per heavy atom. The van der Waals surface area contributed by atoms with Crippen molar-refractivity contribution in [3.05, 3.63) is 81.3 Å². The lowest BCUT2D eigenvalue weighted by atomic mass is 10.2. The summed E-state index contributed by atoms with van der Waals surface area (Å²) in [5.41, 5.74) is 5.00. The van der Waals surface area contributed by atoms with Gasteiger partial charge in [-0.25, -0.2) is 14.6 Å². The highest BCUT2D eigenvalue weighted by atomic mass is 79.9. The number of amides is 1. The molecule has 2 aromatic heterocycles. The number of thioether (sulfide) groups is 1. The van der Waals surface area contributed by atoms with Crippen LogP contribution >= 0.6 is 27.7 Å². The minimum atomic E-state index is -0.371. The van der Waals surface area contributed by atoms with Gasteiger partial charge in [0.25, 0.3) is 5.91 Å². The predicted molar refractivity (Wildman–Crippen MR) is 136 cm³/mol. The highest BCUT2D eigenvalue weighted by Gasteiger charge is 2.22. The van der Waals surface area contributed by atoms with Crippen LogP contribution in [0, 0.1) is 20.8 Å². The van der Waals surface area contributed by atoms with Crippen LogP contribution in [-0.2, 0) is 5.75 Å². The van der Waals surface area contributed by atoms with E-state index in [0.717, 1.165) is 27.1 Å². The SMILES string of the molecule is COc1ccc(C)cc1NC(=O)c1nnn(-c2ccc(Br)cc2)c1CSc1nc(C)cc(C)n1. The Labute approximate surface area is 210 Å². The largest absolute Gasteiger partial charge is 0.495 e. The molecule has 1 amide bonds. The van der Waals surface area contributed by atoms with Gasteiger partial charge in [0.15, 0.2) is 10.9 Å². The molecule has 0 aliphatic heterocycles. The Morgan fingerprint density at radius 3 is 2.44 bits per heavy atom. The second-order valence-electron chi connectivity index (χ2n) is 7.65. The van der Waals surface area contributed by atoms with Gasteiger partial charge in [0.2, 0.25) is 0 Å². The lowest BCUT2D eigenvalue weighted by Gasteiger charge is -2.11. The van der Waals surface area contributed by atoms with Crippen LogP contribution < -0.4 is 10.1 Å². The number of carbonyl (C=O) groups excluding carboxylic acids is 1. The van der Waals surface area contributed by atoms with E-state index >= 15 is 0 Å². The van der Waals surface area contributed by atoms with Gasteiger partial charge in [-0.2, -0.15) is 0 Å². The Morgan fingerprint density at radius 2 is 1.76 bits per heavy atom. The van der Waals surface area contributed by atoms with Crippen LogP contribution in [0.5, 0.6) is 5.75 Å². The Bertz CT molecular complexity index is 1320. The lowest BCUT2D eigenvalue weighted by molar-refractivity contribution is 0.102. The van der Waals surface area contributed by atoms with E-state index in [-0.39, 0.29) is 11.6 Å². The number of aromatic nitrogens is 5. The average Bonchev–Trinajstić information content (AvgIpc) is 3.22. The molecule has 0 bridgehead atoms. The molecular weight excluding hydrogens is 516 g/mol. The fourth-order valence-corrected chi connectivity index (χ4v) is 4.60. The first-order valence-electron chi connectivity index (χ1n) is 10.5. The number of anilines is 1. The zero-order valence-corrected chi connectivity index (χ0v) is 21.6. The van der Waals surface area contributed by atoms with Crippen LogP contribution in [0.2, 0.25) is 0 Å². The third kappa shape index (κ3) is 5.45. The van der Waals surface area contributed by atoms with Crippen LogP contribution in [0.15, 0.2) is 58.2 Å². The van der Waals surface area contributed by atoms with Crippen molar-refractivity contribution in [3.63, 3.8) is 0 Å². The monoisotopic (exact) mass is 538 g/mol. The van der Waals surface area contributed by atoms with Crippen molar-refractivity contribution in [2.24, 2.45) is 0 Å². The first-order chi connectivity index (χ1) is 16.3. The van der Waals surface area contributed by atoms with Crippen LogP contribution in [-0.4, -0.2) is 38.0 Å². The van der Waals surface area contributed by atoms with Crippen LogP contribution in [0.4, 0.5) is 5.69 Å². The van der Waals surface area contributed by atoms with Gasteiger partial charge in [-0.1, -0.05) is 39.0 Å². The van der Waals surface area contributed by atoms with E-state index in [9.17, 15) is 4.79 Å². The summed E-state index contributed by atoms with van der Waals surface area (Å²) < 4.78 is 8.02. The molecule has 0 unspecified atom stereocenters. The maximum Gasteiger partial charge on any atom is 0.278 e. The second kappa shape index (κ2) is 10.4. The number of methoxy groups -OCH3 is 1. The van der Waals surface area contributed by atoms with Crippen molar-refractivity contribution >= 4 is 39.3 Å². The standard InChI is InChI=1S/C24H23BrN6O2S/c1-14-5-10-21(33-4)19(11-14)28-23(32)22-20(13-34-24-26-15(2)12-16(3)27-24)31(30-29-22)18-8-6-17(25)7-9-18/h5-12H,13H2,1-4H3,(H,28,32). The summed E-state index contributed by atoms with van der Waals surface area (Å²) in [5, 5.41) is 12.1. The summed E-state index contributed by atoms with van der Waals surface area (Å²) in [6, 6.07) is 15.2.